The first kappa shape index (κ1) is 28.8. The maximum atomic E-state index is 14.2. The predicted molar refractivity (Wildman–Crippen MR) is 157 cm³/mol. The number of fused-ring (bicyclic) bond motifs is 1. The highest BCUT2D eigenvalue weighted by molar-refractivity contribution is 5.97. The first-order valence-corrected chi connectivity index (χ1v) is 14.7. The van der Waals surface area contributed by atoms with Crippen LogP contribution in [0.2, 0.25) is 0 Å². The Labute approximate surface area is 241 Å². The van der Waals surface area contributed by atoms with Crippen molar-refractivity contribution in [2.45, 2.75) is 72.7 Å². The summed E-state index contributed by atoms with van der Waals surface area (Å²) < 4.78 is 26.8. The molecule has 3 heterocycles. The summed E-state index contributed by atoms with van der Waals surface area (Å²) in [6.45, 7) is 13.7. The van der Waals surface area contributed by atoms with Gasteiger partial charge in [-0.15, -0.1) is 0 Å². The molecule has 2 fully saturated rings. The first-order valence-electron chi connectivity index (χ1n) is 14.7. The third kappa shape index (κ3) is 5.73. The minimum Gasteiger partial charge on any atom is -0.490 e. The second-order valence-corrected chi connectivity index (χ2v) is 11.1. The summed E-state index contributed by atoms with van der Waals surface area (Å²) in [5.41, 5.74) is 3.00. The zero-order chi connectivity index (χ0) is 29.1. The summed E-state index contributed by atoms with van der Waals surface area (Å²) >= 11 is 0. The lowest BCUT2D eigenvalue weighted by Gasteiger charge is -2.59. The Bertz CT molecular complexity index is 1380. The molecule has 1 spiro atoms. The number of ether oxygens (including phenoxy) is 2. The maximum Gasteiger partial charge on any atom is 0.257 e. The van der Waals surface area contributed by atoms with Crippen molar-refractivity contribution < 1.29 is 18.7 Å². The second-order valence-electron chi connectivity index (χ2n) is 11.1. The molecule has 0 radical (unpaired) electrons. The normalized spacial score (nSPS) is 16.8. The lowest BCUT2D eigenvalue weighted by Crippen LogP contribution is -2.65. The van der Waals surface area contributed by atoms with E-state index < -0.39 is 5.82 Å². The molecule has 1 amide bonds. The molecule has 9 heteroatoms. The van der Waals surface area contributed by atoms with E-state index in [1.165, 1.54) is 35.7 Å². The minimum absolute atomic E-state index is 0.0266. The highest BCUT2D eigenvalue weighted by Crippen LogP contribution is 2.52. The maximum absolute atomic E-state index is 14.2. The highest BCUT2D eigenvalue weighted by atomic mass is 19.1. The second kappa shape index (κ2) is 12.0. The standard InChI is InChI=1S/C30H34FN5O3.C2H6/c1-4-36(19(2)3)29(37)23-10-21(31)8-9-26(23)39-27-15-33-18-34-28(27)35-16-30(17-35)11-22(12-30)38-25-7-5-6-20-13-32-14-24(20)25;1-2/h5-10,15,18-19,22,32H,4,11-14,16-17H2,1-3H3;1-2H3. The van der Waals surface area contributed by atoms with Crippen LogP contribution in [0.1, 0.15) is 68.9 Å². The van der Waals surface area contributed by atoms with Crippen molar-refractivity contribution in [3.8, 4) is 17.2 Å². The molecule has 8 nitrogen and oxygen atoms in total. The molecular weight excluding hydrogens is 521 g/mol. The molecule has 1 N–H and O–H groups in total. The number of halogens is 1. The third-order valence-electron chi connectivity index (χ3n) is 8.09. The van der Waals surface area contributed by atoms with Gasteiger partial charge in [0, 0.05) is 49.7 Å². The van der Waals surface area contributed by atoms with Gasteiger partial charge in [0.1, 0.15) is 29.7 Å². The van der Waals surface area contributed by atoms with Gasteiger partial charge in [0.05, 0.1) is 11.8 Å². The molecule has 3 aromatic rings. The fraction of sp³-hybridized carbons (Fsp3) is 0.469. The molecule has 0 atom stereocenters. The monoisotopic (exact) mass is 561 g/mol. The van der Waals surface area contributed by atoms with E-state index in [1.807, 2.05) is 34.6 Å². The van der Waals surface area contributed by atoms with Gasteiger partial charge in [0.15, 0.2) is 11.6 Å². The summed E-state index contributed by atoms with van der Waals surface area (Å²) in [6.07, 6.45) is 5.32. The summed E-state index contributed by atoms with van der Waals surface area (Å²) in [7, 11) is 0. The summed E-state index contributed by atoms with van der Waals surface area (Å²) in [4.78, 5) is 25.8. The molecule has 218 valence electrons. The average molecular weight is 562 g/mol. The Hall–Kier alpha value is -3.72. The smallest absolute Gasteiger partial charge is 0.257 e. The van der Waals surface area contributed by atoms with Gasteiger partial charge in [0.25, 0.3) is 5.91 Å². The van der Waals surface area contributed by atoms with Crippen molar-refractivity contribution in [3.05, 3.63) is 71.4 Å². The lowest BCUT2D eigenvalue weighted by atomic mass is 9.61. The highest BCUT2D eigenvalue weighted by Gasteiger charge is 2.54. The molecule has 0 unspecified atom stereocenters. The number of nitrogens with one attached hydrogen (secondary N) is 1. The van der Waals surface area contributed by atoms with Crippen LogP contribution in [0.15, 0.2) is 48.9 Å². The predicted octanol–water partition coefficient (Wildman–Crippen LogP) is 5.96. The van der Waals surface area contributed by atoms with Crippen LogP contribution in [-0.2, 0) is 13.1 Å². The summed E-state index contributed by atoms with van der Waals surface area (Å²) in [5, 5.41) is 3.40. The summed E-state index contributed by atoms with van der Waals surface area (Å²) in [5.74, 6) is 1.64. The number of rotatable bonds is 8. The Kier molecular flexibility index (Phi) is 8.45. The van der Waals surface area contributed by atoms with Crippen LogP contribution in [0.25, 0.3) is 0 Å². The molecule has 1 aliphatic carbocycles. The molecule has 1 saturated carbocycles. The van der Waals surface area contributed by atoms with Crippen LogP contribution in [-0.4, -0.2) is 52.6 Å². The zero-order valence-corrected chi connectivity index (χ0v) is 24.6. The van der Waals surface area contributed by atoms with Crippen LogP contribution >= 0.6 is 0 Å². The van der Waals surface area contributed by atoms with Gasteiger partial charge in [0.2, 0.25) is 0 Å². The minimum atomic E-state index is -0.488. The van der Waals surface area contributed by atoms with Crippen LogP contribution in [0, 0.1) is 11.2 Å². The molecule has 0 bridgehead atoms. The number of nitrogens with zero attached hydrogens (tertiary/aromatic N) is 4. The van der Waals surface area contributed by atoms with E-state index in [2.05, 4.69) is 38.4 Å². The molecular formula is C32H40FN5O3. The molecule has 41 heavy (non-hydrogen) atoms. The molecule has 2 aliphatic heterocycles. The van der Waals surface area contributed by atoms with Gasteiger partial charge in [-0.2, -0.15) is 0 Å². The molecule has 1 aromatic heterocycles. The Morgan fingerprint density at radius 1 is 1.15 bits per heavy atom. The number of carbonyl (C=O) groups is 1. The van der Waals surface area contributed by atoms with Gasteiger partial charge in [-0.1, -0.05) is 26.0 Å². The van der Waals surface area contributed by atoms with E-state index in [0.717, 1.165) is 44.8 Å². The summed E-state index contributed by atoms with van der Waals surface area (Å²) in [6, 6.07) is 10.3. The lowest BCUT2D eigenvalue weighted by molar-refractivity contribution is -0.0348. The molecule has 2 aromatic carbocycles. The number of amides is 1. The van der Waals surface area contributed by atoms with Crippen molar-refractivity contribution in [1.82, 2.24) is 20.2 Å². The van der Waals surface area contributed by atoms with Crippen LogP contribution in [0.3, 0.4) is 0 Å². The van der Waals surface area contributed by atoms with Gasteiger partial charge in [-0.3, -0.25) is 4.79 Å². The van der Waals surface area contributed by atoms with Gasteiger partial charge in [-0.25, -0.2) is 14.4 Å². The van der Waals surface area contributed by atoms with Crippen LogP contribution < -0.4 is 19.7 Å². The fourth-order valence-electron chi connectivity index (χ4n) is 6.15. The van der Waals surface area contributed by atoms with Crippen molar-refractivity contribution in [2.75, 3.05) is 24.5 Å². The third-order valence-corrected chi connectivity index (χ3v) is 8.09. The van der Waals surface area contributed by atoms with E-state index >= 15 is 0 Å². The van der Waals surface area contributed by atoms with E-state index in [4.69, 9.17) is 9.47 Å². The van der Waals surface area contributed by atoms with E-state index in [-0.39, 0.29) is 34.8 Å². The van der Waals surface area contributed by atoms with Crippen molar-refractivity contribution in [1.29, 1.82) is 0 Å². The number of benzene rings is 2. The van der Waals surface area contributed by atoms with Crippen molar-refractivity contribution in [3.63, 3.8) is 0 Å². The van der Waals surface area contributed by atoms with Gasteiger partial charge in [-0.05, 0) is 63.4 Å². The fourth-order valence-corrected chi connectivity index (χ4v) is 6.15. The van der Waals surface area contributed by atoms with E-state index in [1.54, 1.807) is 11.1 Å². The molecule has 1 saturated heterocycles. The van der Waals surface area contributed by atoms with Crippen molar-refractivity contribution in [2.24, 2.45) is 5.41 Å². The Morgan fingerprint density at radius 2 is 1.93 bits per heavy atom. The topological polar surface area (TPSA) is 79.8 Å². The first-order chi connectivity index (χ1) is 19.9. The molecule has 6 rings (SSSR count). The number of hydrogen-bond donors (Lipinski definition) is 1. The van der Waals surface area contributed by atoms with Crippen LogP contribution in [0.4, 0.5) is 10.2 Å². The quantitative estimate of drug-likeness (QED) is 0.364. The van der Waals surface area contributed by atoms with Gasteiger partial charge < -0.3 is 24.6 Å². The zero-order valence-electron chi connectivity index (χ0n) is 24.6. The van der Waals surface area contributed by atoms with E-state index in [0.29, 0.717) is 18.1 Å². The number of carbonyl (C=O) groups excluding carboxylic acids is 1. The molecule has 3 aliphatic rings. The largest absolute Gasteiger partial charge is 0.490 e. The Balaban J connectivity index is 0.00000165. The number of anilines is 1. The van der Waals surface area contributed by atoms with Gasteiger partial charge >= 0.3 is 0 Å². The Morgan fingerprint density at radius 3 is 2.66 bits per heavy atom. The number of hydrogen-bond acceptors (Lipinski definition) is 7. The van der Waals surface area contributed by atoms with Crippen LogP contribution in [0.5, 0.6) is 17.2 Å². The van der Waals surface area contributed by atoms with E-state index in [9.17, 15) is 9.18 Å². The average Bonchev–Trinajstić information content (AvgIpc) is 3.42. The SMILES string of the molecule is CC.CCN(C(=O)c1cc(F)ccc1Oc1cncnc1N1CC2(CC(Oc3cccc4c3CNC4)C2)C1)C(C)C. The number of aromatic nitrogens is 2. The van der Waals surface area contributed by atoms with Crippen molar-refractivity contribution >= 4 is 11.7 Å².